The highest BCUT2D eigenvalue weighted by atomic mass is 16.1. The molecule has 4 nitrogen and oxygen atoms in total. The molecule has 0 radical (unpaired) electrons. The van der Waals surface area contributed by atoms with Crippen molar-refractivity contribution in [3.8, 4) is 5.69 Å². The fraction of sp³-hybridized carbons (Fsp3) is 0.375. The Hall–Kier alpha value is -1.94. The van der Waals surface area contributed by atoms with Crippen molar-refractivity contribution in [2.24, 2.45) is 5.73 Å². The maximum atomic E-state index is 12.5. The third-order valence-electron chi connectivity index (χ3n) is 4.04. The molecule has 0 spiro atoms. The van der Waals surface area contributed by atoms with Crippen molar-refractivity contribution < 1.29 is 4.79 Å². The number of para-hydroxylation sites is 1. The second-order valence-corrected chi connectivity index (χ2v) is 5.63. The Morgan fingerprint density at radius 3 is 2.60 bits per heavy atom. The topological polar surface area (TPSA) is 60.9 Å². The molecule has 0 amide bonds. The van der Waals surface area contributed by atoms with E-state index < -0.39 is 0 Å². The number of carbonyl (C=O) groups is 1. The van der Waals surface area contributed by atoms with E-state index in [1.165, 1.54) is 0 Å². The fourth-order valence-electron chi connectivity index (χ4n) is 2.96. The first kappa shape index (κ1) is 13.1. The van der Waals surface area contributed by atoms with E-state index in [0.29, 0.717) is 12.1 Å². The summed E-state index contributed by atoms with van der Waals surface area (Å²) in [5.41, 5.74) is 7.51. The van der Waals surface area contributed by atoms with Crippen molar-refractivity contribution in [1.29, 1.82) is 0 Å². The molecular weight excluding hydrogens is 250 g/mol. The van der Waals surface area contributed by atoms with E-state index in [0.717, 1.165) is 31.4 Å². The van der Waals surface area contributed by atoms with Gasteiger partial charge < -0.3 is 5.73 Å². The lowest BCUT2D eigenvalue weighted by atomic mass is 9.91. The predicted molar refractivity (Wildman–Crippen MR) is 77.9 cm³/mol. The Bertz CT molecular complexity index is 597. The van der Waals surface area contributed by atoms with Crippen LogP contribution in [0, 0.1) is 0 Å². The van der Waals surface area contributed by atoms with Crippen molar-refractivity contribution in [2.75, 3.05) is 0 Å². The Morgan fingerprint density at radius 1 is 1.20 bits per heavy atom. The third-order valence-corrected chi connectivity index (χ3v) is 4.04. The molecule has 1 heterocycles. The summed E-state index contributed by atoms with van der Waals surface area (Å²) in [5, 5.41) is 4.26. The number of benzene rings is 1. The van der Waals surface area contributed by atoms with E-state index in [-0.39, 0.29) is 11.3 Å². The second kappa shape index (κ2) is 5.21. The van der Waals surface area contributed by atoms with Crippen LogP contribution in [-0.2, 0) is 0 Å². The van der Waals surface area contributed by atoms with Gasteiger partial charge in [-0.2, -0.15) is 5.10 Å². The summed E-state index contributed by atoms with van der Waals surface area (Å²) >= 11 is 0. The molecule has 1 aliphatic rings. The Labute approximate surface area is 118 Å². The highest BCUT2D eigenvalue weighted by Crippen LogP contribution is 2.31. The van der Waals surface area contributed by atoms with Gasteiger partial charge in [0, 0.05) is 12.0 Å². The largest absolute Gasteiger partial charge is 0.325 e. The molecule has 1 saturated carbocycles. The smallest absolute Gasteiger partial charge is 0.183 e. The zero-order chi connectivity index (χ0) is 14.0. The minimum Gasteiger partial charge on any atom is -0.325 e. The van der Waals surface area contributed by atoms with Gasteiger partial charge in [0.15, 0.2) is 5.78 Å². The van der Waals surface area contributed by atoms with Crippen LogP contribution in [0.4, 0.5) is 0 Å². The molecule has 0 atom stereocenters. The van der Waals surface area contributed by atoms with E-state index in [4.69, 9.17) is 5.73 Å². The van der Waals surface area contributed by atoms with Crippen LogP contribution in [0.1, 0.15) is 42.6 Å². The summed E-state index contributed by atoms with van der Waals surface area (Å²) < 4.78 is 1.70. The quantitative estimate of drug-likeness (QED) is 0.868. The summed E-state index contributed by atoms with van der Waals surface area (Å²) in [7, 11) is 0. The highest BCUT2D eigenvalue weighted by Gasteiger charge is 2.32. The molecule has 20 heavy (non-hydrogen) atoms. The van der Waals surface area contributed by atoms with Gasteiger partial charge in [-0.15, -0.1) is 0 Å². The second-order valence-electron chi connectivity index (χ2n) is 5.63. The minimum atomic E-state index is -0.317. The van der Waals surface area contributed by atoms with E-state index in [1.807, 2.05) is 30.3 Å². The molecule has 2 aromatic rings. The van der Waals surface area contributed by atoms with Crippen molar-refractivity contribution >= 4 is 5.78 Å². The number of nitrogens with zero attached hydrogens (tertiary/aromatic N) is 2. The third kappa shape index (κ3) is 2.51. The number of Topliss-reactive ketones (excluding diaryl/α,β-unsaturated/α-hetero) is 1. The van der Waals surface area contributed by atoms with Crippen LogP contribution in [0.25, 0.3) is 5.69 Å². The van der Waals surface area contributed by atoms with Gasteiger partial charge in [0.25, 0.3) is 0 Å². The van der Waals surface area contributed by atoms with Gasteiger partial charge in [-0.05, 0) is 31.0 Å². The summed E-state index contributed by atoms with van der Waals surface area (Å²) in [6.07, 6.45) is 6.21. The zero-order valence-corrected chi connectivity index (χ0v) is 11.5. The summed E-state index contributed by atoms with van der Waals surface area (Å²) in [6.45, 7) is 0. The van der Waals surface area contributed by atoms with Crippen LogP contribution in [-0.4, -0.2) is 21.1 Å². The number of hydrogen-bond acceptors (Lipinski definition) is 3. The van der Waals surface area contributed by atoms with Crippen LogP contribution in [0.2, 0.25) is 0 Å². The molecule has 3 rings (SSSR count). The maximum absolute atomic E-state index is 12.5. The molecule has 0 saturated heterocycles. The van der Waals surface area contributed by atoms with Crippen molar-refractivity contribution in [3.63, 3.8) is 0 Å². The van der Waals surface area contributed by atoms with Crippen molar-refractivity contribution in [3.05, 3.63) is 48.3 Å². The molecule has 2 N–H and O–H groups in total. The van der Waals surface area contributed by atoms with Gasteiger partial charge in [0.2, 0.25) is 0 Å². The van der Waals surface area contributed by atoms with E-state index in [2.05, 4.69) is 5.10 Å². The van der Waals surface area contributed by atoms with Crippen LogP contribution < -0.4 is 5.73 Å². The first-order chi connectivity index (χ1) is 9.68. The van der Waals surface area contributed by atoms with E-state index in [9.17, 15) is 4.79 Å². The van der Waals surface area contributed by atoms with Crippen LogP contribution in [0.5, 0.6) is 0 Å². The molecule has 104 valence electrons. The van der Waals surface area contributed by atoms with Gasteiger partial charge in [-0.1, -0.05) is 31.0 Å². The standard InChI is InChI=1S/C16H19N3O/c17-16(9-4-5-10-16)12-15(20)14-8-11-18-19(14)13-6-2-1-3-7-13/h1-3,6-8,11H,4-5,9-10,12,17H2. The average molecular weight is 269 g/mol. The predicted octanol–water partition coefficient (Wildman–Crippen LogP) is 2.72. The molecule has 0 unspecified atom stereocenters. The molecule has 1 aromatic heterocycles. The van der Waals surface area contributed by atoms with Crippen LogP contribution in [0.15, 0.2) is 42.6 Å². The number of hydrogen-bond donors (Lipinski definition) is 1. The SMILES string of the molecule is NC1(CC(=O)c2ccnn2-c2ccccc2)CCCC1. The highest BCUT2D eigenvalue weighted by molar-refractivity contribution is 5.95. The number of rotatable bonds is 4. The Kier molecular flexibility index (Phi) is 3.40. The van der Waals surface area contributed by atoms with E-state index >= 15 is 0 Å². The van der Waals surface area contributed by atoms with Gasteiger partial charge in [0.1, 0.15) is 5.69 Å². The van der Waals surface area contributed by atoms with Crippen LogP contribution in [0.3, 0.4) is 0 Å². The molecule has 1 fully saturated rings. The average Bonchev–Trinajstić information content (AvgIpc) is 3.08. The minimum absolute atomic E-state index is 0.0794. The number of ketones is 1. The molecule has 0 aliphatic heterocycles. The maximum Gasteiger partial charge on any atom is 0.183 e. The van der Waals surface area contributed by atoms with E-state index in [1.54, 1.807) is 16.9 Å². The molecule has 1 aromatic carbocycles. The summed E-state index contributed by atoms with van der Waals surface area (Å²) in [4.78, 5) is 12.5. The lowest BCUT2D eigenvalue weighted by molar-refractivity contribution is 0.0944. The Morgan fingerprint density at radius 2 is 1.90 bits per heavy atom. The number of nitrogens with two attached hydrogens (primary N) is 1. The molecule has 4 heteroatoms. The van der Waals surface area contributed by atoms with Crippen LogP contribution >= 0.6 is 0 Å². The fourth-order valence-corrected chi connectivity index (χ4v) is 2.96. The molecule has 0 bridgehead atoms. The lowest BCUT2D eigenvalue weighted by Gasteiger charge is -2.22. The lowest BCUT2D eigenvalue weighted by Crippen LogP contribution is -2.39. The van der Waals surface area contributed by atoms with Gasteiger partial charge in [-0.3, -0.25) is 4.79 Å². The van der Waals surface area contributed by atoms with Crippen molar-refractivity contribution in [2.45, 2.75) is 37.6 Å². The monoisotopic (exact) mass is 269 g/mol. The van der Waals surface area contributed by atoms with Gasteiger partial charge in [0.05, 0.1) is 11.9 Å². The summed E-state index contributed by atoms with van der Waals surface area (Å²) in [6, 6.07) is 11.5. The first-order valence-corrected chi connectivity index (χ1v) is 7.10. The molecular formula is C16H19N3O. The molecule has 1 aliphatic carbocycles. The van der Waals surface area contributed by atoms with Gasteiger partial charge in [-0.25, -0.2) is 4.68 Å². The summed E-state index contributed by atoms with van der Waals surface area (Å²) in [5.74, 6) is 0.0794. The van der Waals surface area contributed by atoms with Crippen molar-refractivity contribution in [1.82, 2.24) is 9.78 Å². The zero-order valence-electron chi connectivity index (χ0n) is 11.5. The normalized spacial score (nSPS) is 17.2. The number of carbonyl (C=O) groups excluding carboxylic acids is 1. The Balaban J connectivity index is 1.84. The first-order valence-electron chi connectivity index (χ1n) is 7.10. The number of aromatic nitrogens is 2. The van der Waals surface area contributed by atoms with Gasteiger partial charge >= 0.3 is 0 Å².